The molecule has 1 atom stereocenters. The van der Waals surface area contributed by atoms with Crippen LogP contribution >= 0.6 is 0 Å². The molecule has 0 aliphatic rings. The molecule has 21 heavy (non-hydrogen) atoms. The van der Waals surface area contributed by atoms with E-state index in [0.29, 0.717) is 6.54 Å². The molecule has 1 heterocycles. The highest BCUT2D eigenvalue weighted by atomic mass is 16.2. The number of benzene rings is 1. The van der Waals surface area contributed by atoms with Crippen molar-refractivity contribution in [2.24, 2.45) is 0 Å². The van der Waals surface area contributed by atoms with Crippen LogP contribution in [0, 0.1) is 0 Å². The van der Waals surface area contributed by atoms with Crippen LogP contribution in [0.4, 0.5) is 4.79 Å². The monoisotopic (exact) mass is 283 g/mol. The lowest BCUT2D eigenvalue weighted by atomic mass is 10.1. The third-order valence-corrected chi connectivity index (χ3v) is 3.26. The average Bonchev–Trinajstić information content (AvgIpc) is 2.53. The van der Waals surface area contributed by atoms with Gasteiger partial charge in [0, 0.05) is 25.0 Å². The van der Waals surface area contributed by atoms with Crippen molar-refractivity contribution in [1.29, 1.82) is 0 Å². The Balaban J connectivity index is 1.67. The Hall–Kier alpha value is -2.36. The van der Waals surface area contributed by atoms with Gasteiger partial charge in [-0.2, -0.15) is 0 Å². The second kappa shape index (κ2) is 8.04. The third kappa shape index (κ3) is 5.65. The van der Waals surface area contributed by atoms with Crippen molar-refractivity contribution in [3.8, 4) is 0 Å². The first-order valence-corrected chi connectivity index (χ1v) is 7.21. The highest BCUT2D eigenvalue weighted by molar-refractivity contribution is 5.74. The molecule has 2 amide bonds. The number of nitrogens with one attached hydrogen (secondary N) is 2. The number of urea groups is 1. The number of aryl methyl sites for hydroxylation is 1. The van der Waals surface area contributed by atoms with Crippen molar-refractivity contribution in [1.82, 2.24) is 15.6 Å². The molecule has 0 aliphatic carbocycles. The van der Waals surface area contributed by atoms with Crippen LogP contribution in [-0.2, 0) is 13.0 Å². The minimum absolute atomic E-state index is 0.138. The quantitative estimate of drug-likeness (QED) is 0.856. The van der Waals surface area contributed by atoms with Gasteiger partial charge < -0.3 is 10.6 Å². The van der Waals surface area contributed by atoms with Crippen molar-refractivity contribution in [3.63, 3.8) is 0 Å². The molecule has 2 N–H and O–H groups in total. The number of hydrogen-bond acceptors (Lipinski definition) is 2. The van der Waals surface area contributed by atoms with Gasteiger partial charge in [-0.15, -0.1) is 0 Å². The van der Waals surface area contributed by atoms with Crippen LogP contribution in [0.3, 0.4) is 0 Å². The Bertz CT molecular complexity index is 542. The molecule has 0 saturated heterocycles. The summed E-state index contributed by atoms with van der Waals surface area (Å²) in [6.07, 6.45) is 5.35. The van der Waals surface area contributed by atoms with E-state index in [1.807, 2.05) is 37.3 Å². The fraction of sp³-hybridized carbons (Fsp3) is 0.294. The van der Waals surface area contributed by atoms with E-state index in [-0.39, 0.29) is 12.1 Å². The lowest BCUT2D eigenvalue weighted by Crippen LogP contribution is -2.40. The van der Waals surface area contributed by atoms with Crippen molar-refractivity contribution in [3.05, 3.63) is 66.0 Å². The van der Waals surface area contributed by atoms with Gasteiger partial charge in [0.2, 0.25) is 0 Å². The van der Waals surface area contributed by atoms with E-state index in [0.717, 1.165) is 18.4 Å². The zero-order valence-corrected chi connectivity index (χ0v) is 12.3. The fourth-order valence-corrected chi connectivity index (χ4v) is 2.06. The van der Waals surface area contributed by atoms with E-state index in [1.165, 1.54) is 5.56 Å². The summed E-state index contributed by atoms with van der Waals surface area (Å²) in [5.74, 6) is 0. The number of amides is 2. The van der Waals surface area contributed by atoms with Crippen molar-refractivity contribution in [2.75, 3.05) is 0 Å². The highest BCUT2D eigenvalue weighted by Crippen LogP contribution is 2.04. The molecule has 4 heteroatoms. The maximum absolute atomic E-state index is 11.8. The van der Waals surface area contributed by atoms with Gasteiger partial charge in [0.05, 0.1) is 0 Å². The van der Waals surface area contributed by atoms with E-state index in [9.17, 15) is 4.79 Å². The Morgan fingerprint density at radius 2 is 1.90 bits per heavy atom. The first kappa shape index (κ1) is 15.0. The van der Waals surface area contributed by atoms with Crippen LogP contribution in [0.2, 0.25) is 0 Å². The second-order valence-corrected chi connectivity index (χ2v) is 5.11. The predicted molar refractivity (Wildman–Crippen MR) is 83.8 cm³/mol. The van der Waals surface area contributed by atoms with E-state index in [4.69, 9.17) is 0 Å². The molecule has 1 aromatic carbocycles. The van der Waals surface area contributed by atoms with E-state index < -0.39 is 0 Å². The number of nitrogens with zero attached hydrogens (tertiary/aromatic N) is 1. The van der Waals surface area contributed by atoms with Crippen LogP contribution in [-0.4, -0.2) is 17.1 Å². The largest absolute Gasteiger partial charge is 0.336 e. The number of rotatable bonds is 6. The van der Waals surface area contributed by atoms with Gasteiger partial charge >= 0.3 is 6.03 Å². The summed E-state index contributed by atoms with van der Waals surface area (Å²) >= 11 is 0. The zero-order valence-electron chi connectivity index (χ0n) is 12.3. The first-order chi connectivity index (χ1) is 10.2. The molecular formula is C17H21N3O. The number of hydrogen-bond donors (Lipinski definition) is 2. The molecule has 0 saturated carbocycles. The number of pyridine rings is 1. The van der Waals surface area contributed by atoms with Crippen LogP contribution < -0.4 is 10.6 Å². The normalized spacial score (nSPS) is 11.7. The van der Waals surface area contributed by atoms with Crippen LogP contribution in [0.15, 0.2) is 54.9 Å². The molecule has 110 valence electrons. The molecule has 0 aliphatic heterocycles. The van der Waals surface area contributed by atoms with Crippen molar-refractivity contribution in [2.45, 2.75) is 32.4 Å². The summed E-state index contributed by atoms with van der Waals surface area (Å²) in [7, 11) is 0. The molecule has 2 rings (SSSR count). The van der Waals surface area contributed by atoms with Gasteiger partial charge in [-0.1, -0.05) is 36.4 Å². The Morgan fingerprint density at radius 1 is 1.14 bits per heavy atom. The van der Waals surface area contributed by atoms with Crippen LogP contribution in [0.1, 0.15) is 24.5 Å². The summed E-state index contributed by atoms with van der Waals surface area (Å²) < 4.78 is 0. The smallest absolute Gasteiger partial charge is 0.315 e. The SMILES string of the molecule is C[C@H](CCc1ccccc1)NC(=O)NCc1cccnc1. The maximum atomic E-state index is 11.8. The summed E-state index contributed by atoms with van der Waals surface area (Å²) in [6, 6.07) is 14.1. The van der Waals surface area contributed by atoms with Gasteiger partial charge in [0.15, 0.2) is 0 Å². The summed E-state index contributed by atoms with van der Waals surface area (Å²) in [5, 5.41) is 5.79. The van der Waals surface area contributed by atoms with Crippen molar-refractivity contribution >= 4 is 6.03 Å². The molecule has 0 spiro atoms. The Morgan fingerprint density at radius 3 is 2.62 bits per heavy atom. The van der Waals surface area contributed by atoms with Gasteiger partial charge in [-0.05, 0) is 37.0 Å². The Labute approximate surface area is 125 Å². The van der Waals surface area contributed by atoms with Crippen LogP contribution in [0.25, 0.3) is 0 Å². The molecule has 0 unspecified atom stereocenters. The topological polar surface area (TPSA) is 54.0 Å². The standard InChI is InChI=1S/C17H21N3O/c1-14(9-10-15-6-3-2-4-7-15)20-17(21)19-13-16-8-5-11-18-12-16/h2-8,11-12,14H,9-10,13H2,1H3,(H2,19,20,21)/t14-/m1/s1. The average molecular weight is 283 g/mol. The van der Waals surface area contributed by atoms with Gasteiger partial charge in [-0.3, -0.25) is 4.98 Å². The van der Waals surface area contributed by atoms with E-state index >= 15 is 0 Å². The van der Waals surface area contributed by atoms with E-state index in [2.05, 4.69) is 27.8 Å². The van der Waals surface area contributed by atoms with Gasteiger partial charge in [-0.25, -0.2) is 4.79 Å². The molecule has 1 aromatic heterocycles. The lowest BCUT2D eigenvalue weighted by molar-refractivity contribution is 0.237. The number of aromatic nitrogens is 1. The molecular weight excluding hydrogens is 262 g/mol. The predicted octanol–water partition coefficient (Wildman–Crippen LogP) is 2.90. The molecule has 4 nitrogen and oxygen atoms in total. The third-order valence-electron chi connectivity index (χ3n) is 3.26. The minimum atomic E-state index is -0.139. The molecule has 0 radical (unpaired) electrons. The zero-order chi connectivity index (χ0) is 14.9. The summed E-state index contributed by atoms with van der Waals surface area (Å²) in [5.41, 5.74) is 2.28. The highest BCUT2D eigenvalue weighted by Gasteiger charge is 2.07. The molecule has 0 bridgehead atoms. The van der Waals surface area contributed by atoms with Gasteiger partial charge in [0.25, 0.3) is 0 Å². The van der Waals surface area contributed by atoms with Crippen molar-refractivity contribution < 1.29 is 4.79 Å². The fourth-order valence-electron chi connectivity index (χ4n) is 2.06. The van der Waals surface area contributed by atoms with Crippen LogP contribution in [0.5, 0.6) is 0 Å². The lowest BCUT2D eigenvalue weighted by Gasteiger charge is -2.14. The Kier molecular flexibility index (Phi) is 5.76. The summed E-state index contributed by atoms with van der Waals surface area (Å²) in [6.45, 7) is 2.51. The molecule has 0 fully saturated rings. The first-order valence-electron chi connectivity index (χ1n) is 7.21. The van der Waals surface area contributed by atoms with E-state index in [1.54, 1.807) is 12.4 Å². The second-order valence-electron chi connectivity index (χ2n) is 5.11. The number of carbonyl (C=O) groups is 1. The minimum Gasteiger partial charge on any atom is -0.336 e. The number of carbonyl (C=O) groups excluding carboxylic acids is 1. The molecule has 2 aromatic rings. The maximum Gasteiger partial charge on any atom is 0.315 e. The summed E-state index contributed by atoms with van der Waals surface area (Å²) in [4.78, 5) is 15.8. The van der Waals surface area contributed by atoms with Gasteiger partial charge in [0.1, 0.15) is 0 Å².